The van der Waals surface area contributed by atoms with Crippen molar-refractivity contribution in [1.82, 2.24) is 9.88 Å². The lowest BCUT2D eigenvalue weighted by atomic mass is 9.60. The highest BCUT2D eigenvalue weighted by Crippen LogP contribution is 2.52. The fourth-order valence-electron chi connectivity index (χ4n) is 3.47. The Hall–Kier alpha value is -1.98. The van der Waals surface area contributed by atoms with Gasteiger partial charge in [-0.15, -0.1) is 0 Å². The van der Waals surface area contributed by atoms with Gasteiger partial charge in [0.1, 0.15) is 17.5 Å². The number of hydrogen-bond acceptors (Lipinski definition) is 5. The maximum Gasteiger partial charge on any atom is 0.410 e. The first kappa shape index (κ1) is 15.9. The minimum atomic E-state index is -0.470. The molecule has 1 aliphatic carbocycles. The van der Waals surface area contributed by atoms with Crippen LogP contribution in [0.4, 0.5) is 10.5 Å². The van der Waals surface area contributed by atoms with Crippen LogP contribution in [0, 0.1) is 5.92 Å². The number of hydrogen-bond donors (Lipinski definition) is 1. The second-order valence-electron chi connectivity index (χ2n) is 7.66. The third-order valence-electron chi connectivity index (χ3n) is 4.79. The molecule has 1 saturated heterocycles. The van der Waals surface area contributed by atoms with Crippen molar-refractivity contribution in [1.29, 1.82) is 0 Å². The highest BCUT2D eigenvalue weighted by molar-refractivity contribution is 5.71. The van der Waals surface area contributed by atoms with Crippen LogP contribution in [0.3, 0.4) is 0 Å². The normalized spacial score (nSPS) is 29.7. The van der Waals surface area contributed by atoms with Gasteiger partial charge in [-0.25, -0.2) is 4.79 Å². The number of aromatic nitrogens is 1. The second-order valence-corrected chi connectivity index (χ2v) is 7.66. The first-order valence-corrected chi connectivity index (χ1v) is 8.08. The van der Waals surface area contributed by atoms with Gasteiger partial charge in [0.25, 0.3) is 0 Å². The van der Waals surface area contributed by atoms with Crippen LogP contribution in [0.15, 0.2) is 18.5 Å². The van der Waals surface area contributed by atoms with Crippen molar-refractivity contribution in [2.45, 2.75) is 57.8 Å². The van der Waals surface area contributed by atoms with E-state index in [0.717, 1.165) is 19.4 Å². The number of nitrogens with zero attached hydrogens (tertiary/aromatic N) is 2. The Morgan fingerprint density at radius 1 is 1.43 bits per heavy atom. The highest BCUT2D eigenvalue weighted by atomic mass is 16.6. The summed E-state index contributed by atoms with van der Waals surface area (Å²) >= 11 is 0. The zero-order valence-corrected chi connectivity index (χ0v) is 14.2. The van der Waals surface area contributed by atoms with Crippen LogP contribution < -0.4 is 10.5 Å². The van der Waals surface area contributed by atoms with Crippen LogP contribution in [0.5, 0.6) is 5.75 Å². The van der Waals surface area contributed by atoms with Crippen molar-refractivity contribution < 1.29 is 14.3 Å². The Morgan fingerprint density at radius 3 is 2.70 bits per heavy atom. The first-order valence-electron chi connectivity index (χ1n) is 8.08. The summed E-state index contributed by atoms with van der Waals surface area (Å²) < 4.78 is 11.5. The SMILES string of the molecule is CC1CN(C(=O)OC(C)(C)C)[C@]12C[C@H](Oc1ccncc1N)C2. The average Bonchev–Trinajstić information content (AvgIpc) is 2.39. The lowest BCUT2D eigenvalue weighted by Gasteiger charge is -2.64. The molecule has 3 rings (SSSR count). The molecule has 1 unspecified atom stereocenters. The second kappa shape index (κ2) is 5.28. The van der Waals surface area contributed by atoms with E-state index in [4.69, 9.17) is 15.2 Å². The van der Waals surface area contributed by atoms with E-state index in [9.17, 15) is 4.79 Å². The fraction of sp³-hybridized carbons (Fsp3) is 0.647. The number of amides is 1. The molecule has 1 aromatic heterocycles. The van der Waals surface area contributed by atoms with Crippen molar-refractivity contribution in [3.05, 3.63) is 18.5 Å². The lowest BCUT2D eigenvalue weighted by Crippen LogP contribution is -2.75. The summed E-state index contributed by atoms with van der Waals surface area (Å²) in [6.07, 6.45) is 4.73. The van der Waals surface area contributed by atoms with Gasteiger partial charge in [-0.3, -0.25) is 4.98 Å². The van der Waals surface area contributed by atoms with Crippen molar-refractivity contribution in [2.24, 2.45) is 5.92 Å². The van der Waals surface area contributed by atoms with Gasteiger partial charge in [0.05, 0.1) is 17.4 Å². The Labute approximate surface area is 137 Å². The Bertz CT molecular complexity index is 605. The van der Waals surface area contributed by atoms with Crippen LogP contribution in [-0.4, -0.2) is 39.8 Å². The third-order valence-corrected chi connectivity index (χ3v) is 4.79. The summed E-state index contributed by atoms with van der Waals surface area (Å²) in [6, 6.07) is 1.77. The molecule has 1 spiro atoms. The Morgan fingerprint density at radius 2 is 2.13 bits per heavy atom. The number of rotatable bonds is 2. The molecule has 6 heteroatoms. The van der Waals surface area contributed by atoms with Crippen LogP contribution in [0.1, 0.15) is 40.5 Å². The topological polar surface area (TPSA) is 77.7 Å². The molecule has 2 heterocycles. The van der Waals surface area contributed by atoms with Crippen LogP contribution in [0.2, 0.25) is 0 Å². The van der Waals surface area contributed by atoms with Gasteiger partial charge in [-0.2, -0.15) is 0 Å². The van der Waals surface area contributed by atoms with Gasteiger partial charge in [-0.1, -0.05) is 6.92 Å². The van der Waals surface area contributed by atoms with E-state index in [0.29, 0.717) is 17.4 Å². The summed E-state index contributed by atoms with van der Waals surface area (Å²) in [5, 5.41) is 0. The van der Waals surface area contributed by atoms with Crippen molar-refractivity contribution in [3.8, 4) is 5.75 Å². The Balaban J connectivity index is 1.61. The molecule has 1 saturated carbocycles. The molecule has 126 valence electrons. The fourth-order valence-corrected chi connectivity index (χ4v) is 3.47. The summed E-state index contributed by atoms with van der Waals surface area (Å²) in [7, 11) is 0. The molecule has 0 aromatic carbocycles. The van der Waals surface area contributed by atoms with Gasteiger partial charge in [0.15, 0.2) is 0 Å². The molecule has 0 bridgehead atoms. The molecule has 1 amide bonds. The molecule has 1 atom stereocenters. The minimum Gasteiger partial charge on any atom is -0.488 e. The van der Waals surface area contributed by atoms with Crippen molar-refractivity contribution in [2.75, 3.05) is 12.3 Å². The number of nitrogen functional groups attached to an aromatic ring is 1. The molecule has 2 N–H and O–H groups in total. The van der Waals surface area contributed by atoms with E-state index < -0.39 is 5.60 Å². The lowest BCUT2D eigenvalue weighted by molar-refractivity contribution is -0.158. The zero-order chi connectivity index (χ0) is 16.8. The first-order chi connectivity index (χ1) is 10.7. The van der Waals surface area contributed by atoms with Crippen molar-refractivity contribution in [3.63, 3.8) is 0 Å². The van der Waals surface area contributed by atoms with Crippen molar-refractivity contribution >= 4 is 11.8 Å². The molecule has 1 aliphatic heterocycles. The van der Waals surface area contributed by atoms with E-state index in [1.54, 1.807) is 18.5 Å². The molecular formula is C17H25N3O3. The minimum absolute atomic E-state index is 0.0763. The highest BCUT2D eigenvalue weighted by Gasteiger charge is 2.62. The van der Waals surface area contributed by atoms with Gasteiger partial charge < -0.3 is 20.1 Å². The summed E-state index contributed by atoms with van der Waals surface area (Å²) in [4.78, 5) is 18.2. The zero-order valence-electron chi connectivity index (χ0n) is 14.2. The molecule has 23 heavy (non-hydrogen) atoms. The molecule has 2 fully saturated rings. The quantitative estimate of drug-likeness (QED) is 0.907. The average molecular weight is 319 g/mol. The largest absolute Gasteiger partial charge is 0.488 e. The molecule has 2 aliphatic rings. The van der Waals surface area contributed by atoms with E-state index in [1.807, 2.05) is 25.7 Å². The molecule has 0 radical (unpaired) electrons. The number of nitrogens with two attached hydrogens (primary N) is 1. The predicted octanol–water partition coefficient (Wildman–Crippen LogP) is 2.83. The van der Waals surface area contributed by atoms with Gasteiger partial charge in [0, 0.05) is 31.6 Å². The van der Waals surface area contributed by atoms with E-state index in [1.165, 1.54) is 0 Å². The number of pyridine rings is 1. The van der Waals surface area contributed by atoms with E-state index in [-0.39, 0.29) is 17.7 Å². The number of carbonyl (C=O) groups is 1. The summed E-state index contributed by atoms with van der Waals surface area (Å²) in [6.45, 7) is 8.59. The molecule has 1 aromatic rings. The van der Waals surface area contributed by atoms with E-state index >= 15 is 0 Å². The molecule has 6 nitrogen and oxygen atoms in total. The summed E-state index contributed by atoms with van der Waals surface area (Å²) in [5.74, 6) is 1.13. The van der Waals surface area contributed by atoms with Gasteiger partial charge in [-0.05, 0) is 26.7 Å². The predicted molar refractivity (Wildman–Crippen MR) is 87.1 cm³/mol. The Kier molecular flexibility index (Phi) is 3.65. The van der Waals surface area contributed by atoms with Gasteiger partial charge in [0.2, 0.25) is 0 Å². The van der Waals surface area contributed by atoms with Crippen LogP contribution in [-0.2, 0) is 4.74 Å². The van der Waals surface area contributed by atoms with E-state index in [2.05, 4.69) is 11.9 Å². The number of ether oxygens (including phenoxy) is 2. The van der Waals surface area contributed by atoms with Gasteiger partial charge >= 0.3 is 6.09 Å². The summed E-state index contributed by atoms with van der Waals surface area (Å²) in [5.41, 5.74) is 5.82. The number of likely N-dealkylation sites (tertiary alicyclic amines) is 1. The van der Waals surface area contributed by atoms with Crippen LogP contribution in [0.25, 0.3) is 0 Å². The standard InChI is InChI=1S/C17H25N3O3/c1-11-10-20(15(21)23-16(2,3)4)17(11)7-12(8-17)22-14-5-6-19-9-13(14)18/h5-6,9,11-12H,7-8,10,18H2,1-4H3/t11?,12-,17-. The molecular weight excluding hydrogens is 294 g/mol. The third kappa shape index (κ3) is 2.82. The maximum absolute atomic E-state index is 12.3. The maximum atomic E-state index is 12.3. The number of carbonyl (C=O) groups excluding carboxylic acids is 1. The number of anilines is 1. The monoisotopic (exact) mass is 319 g/mol. The van der Waals surface area contributed by atoms with Crippen LogP contribution >= 0.6 is 0 Å². The smallest absolute Gasteiger partial charge is 0.410 e.